The maximum atomic E-state index is 13.1. The maximum Gasteiger partial charge on any atom is 0.409 e. The van der Waals surface area contributed by atoms with Gasteiger partial charge in [-0.2, -0.15) is 0 Å². The second-order valence-corrected chi connectivity index (χ2v) is 10.1. The van der Waals surface area contributed by atoms with Gasteiger partial charge < -0.3 is 14.7 Å². The van der Waals surface area contributed by atoms with Crippen molar-refractivity contribution in [3.05, 3.63) is 59.7 Å². The molecule has 1 saturated carbocycles. The van der Waals surface area contributed by atoms with Crippen LogP contribution < -0.4 is 0 Å². The highest BCUT2D eigenvalue weighted by Gasteiger charge is 2.52. The molecule has 1 N–H and O–H groups in total. The smallest absolute Gasteiger partial charge is 0.409 e. The van der Waals surface area contributed by atoms with E-state index in [2.05, 4.69) is 31.2 Å². The molecule has 5 heteroatoms. The summed E-state index contributed by atoms with van der Waals surface area (Å²) in [5.41, 5.74) is 4.44. The minimum Gasteiger partial charge on any atom is -0.481 e. The second-order valence-electron chi connectivity index (χ2n) is 10.1. The van der Waals surface area contributed by atoms with Gasteiger partial charge in [-0.05, 0) is 47.4 Å². The first-order valence-electron chi connectivity index (χ1n) is 12.3. The summed E-state index contributed by atoms with van der Waals surface area (Å²) in [6.07, 6.45) is 5.79. The Bertz CT molecular complexity index is 1000. The number of fused-ring (bicyclic) bond motifs is 3. The predicted octanol–water partition coefficient (Wildman–Crippen LogP) is 5.93. The number of carbonyl (C=O) groups is 2. The summed E-state index contributed by atoms with van der Waals surface area (Å²) >= 11 is 0. The Morgan fingerprint density at radius 3 is 2.33 bits per heavy atom. The van der Waals surface area contributed by atoms with E-state index in [-0.39, 0.29) is 30.6 Å². The summed E-state index contributed by atoms with van der Waals surface area (Å²) < 4.78 is 5.85. The number of ether oxygens (including phenoxy) is 1. The van der Waals surface area contributed by atoms with Crippen molar-refractivity contribution in [3.63, 3.8) is 0 Å². The van der Waals surface area contributed by atoms with E-state index < -0.39 is 11.9 Å². The molecule has 0 aromatic heterocycles. The van der Waals surface area contributed by atoms with Crippen molar-refractivity contribution in [1.29, 1.82) is 0 Å². The van der Waals surface area contributed by atoms with Crippen LogP contribution in [0.2, 0.25) is 0 Å². The Balaban J connectivity index is 1.30. The molecule has 5 nitrogen and oxygen atoms in total. The number of carboxylic acids is 1. The van der Waals surface area contributed by atoms with Gasteiger partial charge in [-0.1, -0.05) is 74.7 Å². The lowest BCUT2D eigenvalue weighted by molar-refractivity contribution is -0.145. The third-order valence-electron chi connectivity index (χ3n) is 8.46. The number of aliphatic carboxylic acids is 1. The van der Waals surface area contributed by atoms with E-state index in [4.69, 9.17) is 4.74 Å². The van der Waals surface area contributed by atoms with Crippen molar-refractivity contribution < 1.29 is 19.4 Å². The van der Waals surface area contributed by atoms with Gasteiger partial charge in [0.2, 0.25) is 0 Å². The molecule has 5 rings (SSSR count). The number of hydrogen-bond acceptors (Lipinski definition) is 3. The molecular formula is C28H33NO4. The molecule has 1 aliphatic heterocycles. The minimum absolute atomic E-state index is 0.0105. The average molecular weight is 448 g/mol. The van der Waals surface area contributed by atoms with Crippen molar-refractivity contribution in [1.82, 2.24) is 4.90 Å². The maximum absolute atomic E-state index is 13.1. The summed E-state index contributed by atoms with van der Waals surface area (Å²) in [6, 6.07) is 16.6. The van der Waals surface area contributed by atoms with E-state index in [0.29, 0.717) is 12.5 Å². The van der Waals surface area contributed by atoms with Crippen molar-refractivity contribution in [3.8, 4) is 11.1 Å². The lowest BCUT2D eigenvalue weighted by atomic mass is 9.72. The fourth-order valence-corrected chi connectivity index (χ4v) is 6.55. The first kappa shape index (κ1) is 22.0. The molecule has 0 bridgehead atoms. The summed E-state index contributed by atoms with van der Waals surface area (Å²) in [5.74, 6) is -0.605. The lowest BCUT2D eigenvalue weighted by Gasteiger charge is -2.31. The van der Waals surface area contributed by atoms with Gasteiger partial charge in [-0.15, -0.1) is 0 Å². The molecule has 3 unspecified atom stereocenters. The molecule has 3 aliphatic rings. The van der Waals surface area contributed by atoms with E-state index in [1.165, 1.54) is 22.3 Å². The van der Waals surface area contributed by atoms with Crippen LogP contribution in [0.3, 0.4) is 0 Å². The Labute approximate surface area is 195 Å². The molecule has 0 radical (unpaired) electrons. The Kier molecular flexibility index (Phi) is 5.90. The Hall–Kier alpha value is -2.82. The van der Waals surface area contributed by atoms with Gasteiger partial charge in [0.1, 0.15) is 6.61 Å². The molecule has 1 saturated heterocycles. The highest BCUT2D eigenvalue weighted by molar-refractivity contribution is 5.79. The normalized spacial score (nSPS) is 26.6. The number of amides is 1. The van der Waals surface area contributed by atoms with Crippen LogP contribution in [0.5, 0.6) is 0 Å². The highest BCUT2D eigenvalue weighted by Crippen LogP contribution is 2.49. The van der Waals surface area contributed by atoms with Crippen LogP contribution >= 0.6 is 0 Å². The van der Waals surface area contributed by atoms with Gasteiger partial charge in [0, 0.05) is 24.4 Å². The lowest BCUT2D eigenvalue weighted by Crippen LogP contribution is -2.35. The molecule has 1 amide bonds. The Morgan fingerprint density at radius 1 is 1.03 bits per heavy atom. The highest BCUT2D eigenvalue weighted by atomic mass is 16.6. The van der Waals surface area contributed by atoms with E-state index in [0.717, 1.165) is 38.5 Å². The van der Waals surface area contributed by atoms with Gasteiger partial charge in [-0.3, -0.25) is 4.79 Å². The minimum atomic E-state index is -0.779. The number of benzene rings is 2. The molecule has 174 valence electrons. The predicted molar refractivity (Wildman–Crippen MR) is 127 cm³/mol. The number of rotatable bonds is 4. The van der Waals surface area contributed by atoms with Crippen LogP contribution in [0.1, 0.15) is 62.5 Å². The summed E-state index contributed by atoms with van der Waals surface area (Å²) in [6.45, 7) is 3.24. The van der Waals surface area contributed by atoms with E-state index >= 15 is 0 Å². The van der Waals surface area contributed by atoms with Gasteiger partial charge in [0.25, 0.3) is 0 Å². The van der Waals surface area contributed by atoms with Crippen molar-refractivity contribution in [2.75, 3.05) is 19.7 Å². The van der Waals surface area contributed by atoms with Crippen LogP contribution in [0.25, 0.3) is 11.1 Å². The molecule has 2 aliphatic carbocycles. The van der Waals surface area contributed by atoms with E-state index in [9.17, 15) is 14.7 Å². The van der Waals surface area contributed by atoms with Crippen molar-refractivity contribution in [2.24, 2.45) is 17.3 Å². The van der Waals surface area contributed by atoms with Gasteiger partial charge in [0.05, 0.1) is 5.92 Å². The number of likely N-dealkylation sites (tertiary alicyclic amines) is 1. The topological polar surface area (TPSA) is 66.8 Å². The first-order chi connectivity index (χ1) is 16.0. The fourth-order valence-electron chi connectivity index (χ4n) is 6.55. The molecule has 2 fully saturated rings. The zero-order valence-corrected chi connectivity index (χ0v) is 19.3. The summed E-state index contributed by atoms with van der Waals surface area (Å²) in [5, 5.41) is 9.99. The van der Waals surface area contributed by atoms with Gasteiger partial charge >= 0.3 is 12.1 Å². The molecule has 33 heavy (non-hydrogen) atoms. The SMILES string of the molecule is CCC1CCCC2(CC1)CN(C(=O)OCC1c3ccccc3-c3ccccc31)CC2C(=O)O. The van der Waals surface area contributed by atoms with Crippen LogP contribution in [0.4, 0.5) is 4.79 Å². The number of carboxylic acid groups (broad SMARTS) is 1. The van der Waals surface area contributed by atoms with Gasteiger partial charge in [-0.25, -0.2) is 4.79 Å². The van der Waals surface area contributed by atoms with E-state index in [1.54, 1.807) is 4.90 Å². The van der Waals surface area contributed by atoms with Crippen LogP contribution in [0, 0.1) is 17.3 Å². The quantitative estimate of drug-likeness (QED) is 0.631. The van der Waals surface area contributed by atoms with Crippen LogP contribution in [-0.4, -0.2) is 41.8 Å². The average Bonchev–Trinajstić information content (AvgIpc) is 3.28. The zero-order chi connectivity index (χ0) is 23.0. The number of hydrogen-bond donors (Lipinski definition) is 1. The second kappa shape index (κ2) is 8.85. The third kappa shape index (κ3) is 3.92. The van der Waals surface area contributed by atoms with Crippen LogP contribution in [0.15, 0.2) is 48.5 Å². The molecular weight excluding hydrogens is 414 g/mol. The zero-order valence-electron chi connectivity index (χ0n) is 19.3. The molecule has 1 spiro atoms. The summed E-state index contributed by atoms with van der Waals surface area (Å²) in [4.78, 5) is 27.0. The molecule has 1 heterocycles. The van der Waals surface area contributed by atoms with E-state index in [1.807, 2.05) is 24.3 Å². The molecule has 2 aromatic rings. The van der Waals surface area contributed by atoms with Crippen LogP contribution in [-0.2, 0) is 9.53 Å². The largest absolute Gasteiger partial charge is 0.481 e. The third-order valence-corrected chi connectivity index (χ3v) is 8.46. The Morgan fingerprint density at radius 2 is 1.70 bits per heavy atom. The first-order valence-corrected chi connectivity index (χ1v) is 12.3. The van der Waals surface area contributed by atoms with Crippen molar-refractivity contribution in [2.45, 2.75) is 51.4 Å². The number of nitrogens with zero attached hydrogens (tertiary/aromatic N) is 1. The molecule has 2 aromatic carbocycles. The molecule has 3 atom stereocenters. The fraction of sp³-hybridized carbons (Fsp3) is 0.500. The van der Waals surface area contributed by atoms with Crippen molar-refractivity contribution >= 4 is 12.1 Å². The van der Waals surface area contributed by atoms with Gasteiger partial charge in [0.15, 0.2) is 0 Å². The standard InChI is InChI=1S/C28H33NO4/c1-2-19-8-7-14-28(15-13-19)18-29(16-25(28)26(30)31)27(32)33-17-24-22-11-5-3-9-20(22)21-10-4-6-12-23(21)24/h3-6,9-12,19,24-25H,2,7-8,13-18H2,1H3,(H,30,31). The monoisotopic (exact) mass is 447 g/mol. The number of carbonyl (C=O) groups excluding carboxylic acids is 1. The summed E-state index contributed by atoms with van der Waals surface area (Å²) in [7, 11) is 0.